The Kier molecular flexibility index (Phi) is 5.30. The van der Waals surface area contributed by atoms with Crippen LogP contribution in [-0.4, -0.2) is 29.3 Å². The van der Waals surface area contributed by atoms with Gasteiger partial charge in [0.1, 0.15) is 11.5 Å². The van der Waals surface area contributed by atoms with E-state index in [2.05, 4.69) is 15.6 Å². The van der Waals surface area contributed by atoms with E-state index in [-0.39, 0.29) is 33.2 Å². The van der Waals surface area contributed by atoms with Crippen LogP contribution < -0.4 is 16.2 Å². The van der Waals surface area contributed by atoms with E-state index < -0.39 is 21.7 Å². The molecule has 0 saturated heterocycles. The molecule has 2 heterocycles. The van der Waals surface area contributed by atoms with Crippen LogP contribution >= 0.6 is 0 Å². The molecule has 0 spiro atoms. The van der Waals surface area contributed by atoms with E-state index in [4.69, 9.17) is 15.4 Å². The molecule has 0 aliphatic heterocycles. The second kappa shape index (κ2) is 8.34. The molecule has 0 saturated carbocycles. The second-order valence-corrected chi connectivity index (χ2v) is 9.10. The van der Waals surface area contributed by atoms with Gasteiger partial charge in [-0.3, -0.25) is 4.79 Å². The van der Waals surface area contributed by atoms with Gasteiger partial charge < -0.3 is 15.6 Å². The van der Waals surface area contributed by atoms with Gasteiger partial charge >= 0.3 is 0 Å². The van der Waals surface area contributed by atoms with Crippen LogP contribution in [0, 0.1) is 5.82 Å². The monoisotopic (exact) mass is 492 g/mol. The number of aromatic nitrogens is 3. The molecule has 35 heavy (non-hydrogen) atoms. The minimum absolute atomic E-state index is 0.0253. The van der Waals surface area contributed by atoms with Crippen LogP contribution in [0.2, 0.25) is 0 Å². The summed E-state index contributed by atoms with van der Waals surface area (Å²) in [6, 6.07) is 16.3. The molecular formula is C23H17FN6O4S. The first kappa shape index (κ1) is 22.3. The highest BCUT2D eigenvalue weighted by molar-refractivity contribution is 7.89. The number of hydrogen-bond donors (Lipinski definition) is 3. The third kappa shape index (κ3) is 4.11. The Labute approximate surface area is 198 Å². The first-order chi connectivity index (χ1) is 16.7. The van der Waals surface area contributed by atoms with Crippen molar-refractivity contribution in [2.24, 2.45) is 5.14 Å². The average molecular weight is 492 g/mol. The van der Waals surface area contributed by atoms with Crippen molar-refractivity contribution in [2.75, 3.05) is 11.1 Å². The van der Waals surface area contributed by atoms with Gasteiger partial charge in [-0.2, -0.15) is 5.10 Å². The zero-order valence-corrected chi connectivity index (χ0v) is 18.7. The lowest BCUT2D eigenvalue weighted by molar-refractivity contribution is 0.101. The molecule has 0 bridgehead atoms. The van der Waals surface area contributed by atoms with Gasteiger partial charge in [0.15, 0.2) is 11.4 Å². The van der Waals surface area contributed by atoms with Gasteiger partial charge in [-0.15, -0.1) is 0 Å². The highest BCUT2D eigenvalue weighted by atomic mass is 32.2. The number of sulfonamides is 1. The van der Waals surface area contributed by atoms with Gasteiger partial charge in [0, 0.05) is 16.8 Å². The number of nitrogen functional groups attached to an aromatic ring is 1. The molecule has 2 aromatic heterocycles. The van der Waals surface area contributed by atoms with E-state index in [1.807, 2.05) is 0 Å². The highest BCUT2D eigenvalue weighted by Crippen LogP contribution is 2.30. The lowest BCUT2D eigenvalue weighted by atomic mass is 10.0. The van der Waals surface area contributed by atoms with Crippen molar-refractivity contribution in [3.63, 3.8) is 0 Å². The molecule has 5 N–H and O–H groups in total. The van der Waals surface area contributed by atoms with Gasteiger partial charge in [-0.25, -0.2) is 22.6 Å². The maximum atomic E-state index is 15.0. The van der Waals surface area contributed by atoms with E-state index in [1.165, 1.54) is 47.3 Å². The summed E-state index contributed by atoms with van der Waals surface area (Å²) in [5.41, 5.74) is 7.33. The van der Waals surface area contributed by atoms with Gasteiger partial charge in [0.2, 0.25) is 10.0 Å². The van der Waals surface area contributed by atoms with Crippen LogP contribution in [0.15, 0.2) is 82.3 Å². The van der Waals surface area contributed by atoms with E-state index in [0.717, 1.165) is 6.07 Å². The number of benzene rings is 3. The van der Waals surface area contributed by atoms with Crippen molar-refractivity contribution >= 4 is 38.4 Å². The summed E-state index contributed by atoms with van der Waals surface area (Å²) in [6.45, 7) is 0. The number of halogens is 1. The van der Waals surface area contributed by atoms with Gasteiger partial charge in [-0.1, -0.05) is 23.4 Å². The number of nitrogens with zero attached hydrogens (tertiary/aromatic N) is 3. The maximum absolute atomic E-state index is 15.0. The van der Waals surface area contributed by atoms with E-state index in [9.17, 15) is 17.6 Å². The first-order valence-electron chi connectivity index (χ1n) is 10.1. The number of fused-ring (bicyclic) bond motifs is 1. The molecule has 10 nitrogen and oxygen atoms in total. The number of carbonyl (C=O) groups is 1. The van der Waals surface area contributed by atoms with Crippen LogP contribution in [0.1, 0.15) is 10.5 Å². The zero-order chi connectivity index (χ0) is 24.7. The van der Waals surface area contributed by atoms with Crippen LogP contribution in [0.5, 0.6) is 0 Å². The predicted molar refractivity (Wildman–Crippen MR) is 127 cm³/mol. The second-order valence-electron chi connectivity index (χ2n) is 7.57. The van der Waals surface area contributed by atoms with Crippen molar-refractivity contribution in [1.29, 1.82) is 0 Å². The van der Waals surface area contributed by atoms with Crippen LogP contribution in [0.3, 0.4) is 0 Å². The van der Waals surface area contributed by atoms with Crippen LogP contribution in [0.25, 0.3) is 27.8 Å². The van der Waals surface area contributed by atoms with Crippen LogP contribution in [-0.2, 0) is 10.0 Å². The summed E-state index contributed by atoms with van der Waals surface area (Å²) >= 11 is 0. The molecule has 0 unspecified atom stereocenters. The normalized spacial score (nSPS) is 11.6. The molecule has 3 aromatic carbocycles. The Morgan fingerprint density at radius 1 is 1.03 bits per heavy atom. The molecule has 0 radical (unpaired) electrons. The number of primary sulfonamides is 1. The summed E-state index contributed by atoms with van der Waals surface area (Å²) in [4.78, 5) is 12.8. The molecule has 5 aromatic rings. The van der Waals surface area contributed by atoms with Gasteiger partial charge in [0.05, 0.1) is 22.2 Å². The fourth-order valence-corrected chi connectivity index (χ4v) is 4.45. The summed E-state index contributed by atoms with van der Waals surface area (Å²) < 4.78 is 45.2. The third-order valence-corrected chi connectivity index (χ3v) is 6.28. The van der Waals surface area contributed by atoms with E-state index >= 15 is 0 Å². The van der Waals surface area contributed by atoms with Gasteiger partial charge in [-0.05, 0) is 48.5 Å². The summed E-state index contributed by atoms with van der Waals surface area (Å²) in [6.07, 6.45) is 1.45. The van der Waals surface area contributed by atoms with Crippen molar-refractivity contribution in [3.05, 3.63) is 84.4 Å². The Morgan fingerprint density at radius 3 is 2.60 bits per heavy atom. The van der Waals surface area contributed by atoms with E-state index in [1.54, 1.807) is 24.3 Å². The number of nitrogens with one attached hydrogen (secondary N) is 1. The first-order valence-corrected chi connectivity index (χ1v) is 11.7. The van der Waals surface area contributed by atoms with Crippen molar-refractivity contribution in [2.45, 2.75) is 4.90 Å². The predicted octanol–water partition coefficient (Wildman–Crippen LogP) is 3.30. The third-order valence-electron chi connectivity index (χ3n) is 5.31. The minimum atomic E-state index is -4.06. The van der Waals surface area contributed by atoms with Crippen molar-refractivity contribution in [1.82, 2.24) is 14.9 Å². The fraction of sp³-hybridized carbons (Fsp3) is 0. The summed E-state index contributed by atoms with van der Waals surface area (Å²) in [5.74, 6) is -1.07. The molecule has 0 atom stereocenters. The standard InChI is InChI=1S/C23H17FN6O4S/c24-18-11-13(5-7-15(18)16-3-1-2-4-21(16)35(26,32)33)28-23(31)19-9-10-27-30(19)14-6-8-20-17(12-14)22(25)29-34-20/h1-12H,(H2,25,29)(H,28,31)(H2,26,32,33). The topological polar surface area (TPSA) is 159 Å². The average Bonchev–Trinajstić information content (AvgIpc) is 3.46. The maximum Gasteiger partial charge on any atom is 0.274 e. The Morgan fingerprint density at radius 2 is 1.83 bits per heavy atom. The van der Waals surface area contributed by atoms with Crippen LogP contribution in [0.4, 0.5) is 15.9 Å². The molecule has 0 aliphatic rings. The van der Waals surface area contributed by atoms with Crippen molar-refractivity contribution < 1.29 is 22.1 Å². The lowest BCUT2D eigenvalue weighted by Gasteiger charge is -2.12. The summed E-state index contributed by atoms with van der Waals surface area (Å²) in [7, 11) is -4.06. The molecule has 1 amide bonds. The Balaban J connectivity index is 1.44. The minimum Gasteiger partial charge on any atom is -0.380 e. The Bertz CT molecular complexity index is 1710. The van der Waals surface area contributed by atoms with E-state index in [0.29, 0.717) is 16.7 Å². The number of anilines is 2. The zero-order valence-electron chi connectivity index (χ0n) is 17.8. The van der Waals surface area contributed by atoms with Gasteiger partial charge in [0.25, 0.3) is 5.91 Å². The SMILES string of the molecule is Nc1noc2ccc(-n3nccc3C(=O)Nc3ccc(-c4ccccc4S(N)(=O)=O)c(F)c3)cc12. The number of amides is 1. The largest absolute Gasteiger partial charge is 0.380 e. The number of hydrogen-bond acceptors (Lipinski definition) is 7. The fourth-order valence-electron chi connectivity index (χ4n) is 3.70. The molecule has 176 valence electrons. The smallest absolute Gasteiger partial charge is 0.274 e. The molecule has 0 fully saturated rings. The number of carbonyl (C=O) groups excluding carboxylic acids is 1. The molecule has 5 rings (SSSR count). The summed E-state index contributed by atoms with van der Waals surface area (Å²) in [5, 5.41) is 16.4. The number of rotatable bonds is 5. The number of nitrogens with two attached hydrogens (primary N) is 2. The quantitative estimate of drug-likeness (QED) is 0.339. The van der Waals surface area contributed by atoms with Crippen molar-refractivity contribution in [3.8, 4) is 16.8 Å². The highest BCUT2D eigenvalue weighted by Gasteiger charge is 2.19. The molecular weight excluding hydrogens is 475 g/mol. The lowest BCUT2D eigenvalue weighted by Crippen LogP contribution is -2.17. The molecule has 0 aliphatic carbocycles. The molecule has 12 heteroatoms. The Hall–Kier alpha value is -4.55.